The van der Waals surface area contributed by atoms with Gasteiger partial charge in [0, 0.05) is 37.6 Å². The first-order valence-electron chi connectivity index (χ1n) is 9.96. The third kappa shape index (κ3) is 5.77. The number of thiazole rings is 1. The van der Waals surface area contributed by atoms with E-state index in [1.54, 1.807) is 12.6 Å². The number of hydrogen-bond donors (Lipinski definition) is 3. The summed E-state index contributed by atoms with van der Waals surface area (Å²) < 4.78 is 0. The molecule has 1 aliphatic heterocycles. The summed E-state index contributed by atoms with van der Waals surface area (Å²) in [6.45, 7) is 5.01. The molecule has 9 heteroatoms. The molecule has 2 aromatic rings. The van der Waals surface area contributed by atoms with Crippen molar-refractivity contribution in [1.29, 1.82) is 0 Å². The van der Waals surface area contributed by atoms with E-state index in [2.05, 4.69) is 55.4 Å². The molecule has 2 atom stereocenters. The van der Waals surface area contributed by atoms with Crippen LogP contribution in [0.15, 0.2) is 28.0 Å². The maximum absolute atomic E-state index is 12.1. The molecule has 0 spiro atoms. The normalized spacial score (nSPS) is 20.4. The second-order valence-corrected chi connectivity index (χ2v) is 9.08. The monoisotopic (exact) mass is 434 g/mol. The van der Waals surface area contributed by atoms with Gasteiger partial charge in [-0.1, -0.05) is 6.07 Å². The maximum atomic E-state index is 12.1. The highest BCUT2D eigenvalue weighted by Crippen LogP contribution is 2.36. The van der Waals surface area contributed by atoms with E-state index in [0.717, 1.165) is 24.7 Å². The Balaban J connectivity index is 1.44. The Bertz CT molecular complexity index is 804. The Morgan fingerprint density at radius 3 is 2.83 bits per heavy atom. The number of aliphatic imine (C=N–C) groups is 1. The summed E-state index contributed by atoms with van der Waals surface area (Å²) in [5.74, 6) is 1.24. The van der Waals surface area contributed by atoms with Crippen molar-refractivity contribution in [3.63, 3.8) is 0 Å². The van der Waals surface area contributed by atoms with Crippen LogP contribution in [-0.2, 0) is 0 Å². The molecule has 29 heavy (non-hydrogen) atoms. The van der Waals surface area contributed by atoms with Gasteiger partial charge in [0.15, 0.2) is 5.96 Å². The number of nitrogens with zero attached hydrogens (tertiary/aromatic N) is 3. The zero-order valence-corrected chi connectivity index (χ0v) is 18.9. The van der Waals surface area contributed by atoms with Crippen molar-refractivity contribution >= 4 is 34.5 Å². The highest BCUT2D eigenvalue weighted by atomic mass is 32.1. The lowest BCUT2D eigenvalue weighted by Gasteiger charge is -2.39. The molecule has 1 saturated heterocycles. The minimum atomic E-state index is -0.0706. The Hall–Kier alpha value is -1.97. The number of rotatable bonds is 7. The van der Waals surface area contributed by atoms with Crippen molar-refractivity contribution in [2.24, 2.45) is 10.9 Å². The van der Waals surface area contributed by atoms with Crippen LogP contribution in [0.5, 0.6) is 0 Å². The number of aryl methyl sites for hydroxylation is 1. The average molecular weight is 435 g/mol. The lowest BCUT2D eigenvalue weighted by molar-refractivity contribution is 0.0957. The number of likely N-dealkylation sites (tertiary alicyclic amines) is 1. The van der Waals surface area contributed by atoms with Crippen LogP contribution < -0.4 is 16.0 Å². The third-order valence-electron chi connectivity index (χ3n) is 5.25. The van der Waals surface area contributed by atoms with Gasteiger partial charge in [0.2, 0.25) is 0 Å². The van der Waals surface area contributed by atoms with E-state index < -0.39 is 0 Å². The Kier molecular flexibility index (Phi) is 8.02. The summed E-state index contributed by atoms with van der Waals surface area (Å²) in [6.07, 6.45) is 2.43. The number of amides is 1. The summed E-state index contributed by atoms with van der Waals surface area (Å²) in [5, 5.41) is 11.8. The first-order valence-corrected chi connectivity index (χ1v) is 11.7. The molecule has 0 bridgehead atoms. The van der Waals surface area contributed by atoms with Crippen LogP contribution in [0.2, 0.25) is 0 Å². The van der Waals surface area contributed by atoms with Crippen LogP contribution in [0.3, 0.4) is 0 Å². The van der Waals surface area contributed by atoms with Crippen molar-refractivity contribution in [3.8, 4) is 0 Å². The Labute approximate surface area is 180 Å². The highest BCUT2D eigenvalue weighted by molar-refractivity contribution is 7.11. The van der Waals surface area contributed by atoms with Crippen LogP contribution in [-0.4, -0.2) is 62.0 Å². The number of hydrogen-bond acceptors (Lipinski definition) is 6. The quantitative estimate of drug-likeness (QED) is 0.354. The van der Waals surface area contributed by atoms with Gasteiger partial charge in [-0.15, -0.1) is 22.7 Å². The number of aromatic nitrogens is 1. The molecule has 1 fully saturated rings. The number of nitrogens with one attached hydrogen (secondary N) is 3. The second-order valence-electron chi connectivity index (χ2n) is 7.25. The number of thiophene rings is 1. The summed E-state index contributed by atoms with van der Waals surface area (Å²) in [6, 6.07) is 4.83. The van der Waals surface area contributed by atoms with E-state index in [0.29, 0.717) is 29.9 Å². The topological polar surface area (TPSA) is 81.6 Å². The Morgan fingerprint density at radius 1 is 1.31 bits per heavy atom. The minimum absolute atomic E-state index is 0.0706. The van der Waals surface area contributed by atoms with E-state index in [9.17, 15) is 4.79 Å². The lowest BCUT2D eigenvalue weighted by Crippen LogP contribution is -2.46. The van der Waals surface area contributed by atoms with E-state index in [-0.39, 0.29) is 5.91 Å². The fraction of sp³-hybridized carbons (Fsp3) is 0.550. The van der Waals surface area contributed by atoms with Crippen molar-refractivity contribution in [2.45, 2.75) is 25.8 Å². The second kappa shape index (κ2) is 10.7. The molecule has 2 unspecified atom stereocenters. The van der Waals surface area contributed by atoms with Gasteiger partial charge >= 0.3 is 0 Å². The van der Waals surface area contributed by atoms with Gasteiger partial charge in [0.05, 0.1) is 11.2 Å². The molecule has 0 aliphatic carbocycles. The standard InChI is InChI=1S/C20H30N6OS2/c1-14-18(29-13-25-14)19(27)22-8-9-23-20(21-2)24-12-15-6-4-10-26(3)17(15)16-7-5-11-28-16/h5,7,11,13,15,17H,4,6,8-10,12H2,1-3H3,(H,22,27)(H2,21,23,24). The minimum Gasteiger partial charge on any atom is -0.356 e. The lowest BCUT2D eigenvalue weighted by atomic mass is 9.88. The van der Waals surface area contributed by atoms with Gasteiger partial charge in [-0.2, -0.15) is 0 Å². The van der Waals surface area contributed by atoms with Crippen LogP contribution in [0.25, 0.3) is 0 Å². The summed E-state index contributed by atoms with van der Waals surface area (Å²) >= 11 is 3.20. The maximum Gasteiger partial charge on any atom is 0.263 e. The molecule has 1 aliphatic rings. The molecule has 0 aromatic carbocycles. The fourth-order valence-corrected chi connectivity index (χ4v) is 5.49. The first kappa shape index (κ1) is 21.7. The van der Waals surface area contributed by atoms with Crippen molar-refractivity contribution in [2.75, 3.05) is 40.3 Å². The zero-order chi connectivity index (χ0) is 20.6. The predicted molar refractivity (Wildman–Crippen MR) is 121 cm³/mol. The number of guanidine groups is 1. The van der Waals surface area contributed by atoms with Crippen molar-refractivity contribution in [1.82, 2.24) is 25.8 Å². The molecule has 3 N–H and O–H groups in total. The first-order chi connectivity index (χ1) is 14.1. The van der Waals surface area contributed by atoms with E-state index in [4.69, 9.17) is 0 Å². The van der Waals surface area contributed by atoms with Gasteiger partial charge in [-0.3, -0.25) is 14.7 Å². The van der Waals surface area contributed by atoms with E-state index >= 15 is 0 Å². The summed E-state index contributed by atoms with van der Waals surface area (Å²) in [7, 11) is 4.00. The largest absolute Gasteiger partial charge is 0.356 e. The van der Waals surface area contributed by atoms with Gasteiger partial charge in [0.25, 0.3) is 5.91 Å². The van der Waals surface area contributed by atoms with Crippen molar-refractivity contribution < 1.29 is 4.79 Å². The highest BCUT2D eigenvalue weighted by Gasteiger charge is 2.31. The molecular weight excluding hydrogens is 404 g/mol. The van der Waals surface area contributed by atoms with E-state index in [1.807, 2.05) is 18.3 Å². The summed E-state index contributed by atoms with van der Waals surface area (Å²) in [5.41, 5.74) is 2.47. The van der Waals surface area contributed by atoms with Gasteiger partial charge in [-0.05, 0) is 50.7 Å². The van der Waals surface area contributed by atoms with Gasteiger partial charge in [-0.25, -0.2) is 4.98 Å². The van der Waals surface area contributed by atoms with Crippen LogP contribution in [0.4, 0.5) is 0 Å². The smallest absolute Gasteiger partial charge is 0.263 e. The number of carbonyl (C=O) groups is 1. The SMILES string of the molecule is CN=C(NCCNC(=O)c1scnc1C)NCC1CCCN(C)C1c1cccs1. The molecule has 1 amide bonds. The summed E-state index contributed by atoms with van der Waals surface area (Å²) in [4.78, 5) is 25.1. The molecule has 2 aromatic heterocycles. The molecule has 3 rings (SSSR count). The number of carbonyl (C=O) groups excluding carboxylic acids is 1. The Morgan fingerprint density at radius 2 is 2.14 bits per heavy atom. The zero-order valence-electron chi connectivity index (χ0n) is 17.3. The third-order valence-corrected chi connectivity index (χ3v) is 7.12. The van der Waals surface area contributed by atoms with Gasteiger partial charge < -0.3 is 16.0 Å². The molecule has 3 heterocycles. The van der Waals surface area contributed by atoms with Crippen LogP contribution in [0.1, 0.15) is 39.1 Å². The van der Waals surface area contributed by atoms with E-state index in [1.165, 1.54) is 29.1 Å². The van der Waals surface area contributed by atoms with Crippen molar-refractivity contribution in [3.05, 3.63) is 38.5 Å². The average Bonchev–Trinajstić information content (AvgIpc) is 3.39. The molecular formula is C20H30N6OS2. The van der Waals surface area contributed by atoms with Crippen LogP contribution in [0, 0.1) is 12.8 Å². The van der Waals surface area contributed by atoms with Crippen LogP contribution >= 0.6 is 22.7 Å². The molecule has 0 radical (unpaired) electrons. The number of piperidine rings is 1. The molecule has 7 nitrogen and oxygen atoms in total. The van der Waals surface area contributed by atoms with Gasteiger partial charge in [0.1, 0.15) is 4.88 Å². The molecule has 0 saturated carbocycles. The molecule has 158 valence electrons. The fourth-order valence-electron chi connectivity index (χ4n) is 3.79. The predicted octanol–water partition coefficient (Wildman–Crippen LogP) is 2.49.